The first kappa shape index (κ1) is 33.7. The van der Waals surface area contributed by atoms with Gasteiger partial charge in [0.2, 0.25) is 0 Å². The van der Waals surface area contributed by atoms with Crippen LogP contribution in [0.1, 0.15) is 73.6 Å². The Kier molecular flexibility index (Phi) is 13.8. The van der Waals surface area contributed by atoms with E-state index in [-0.39, 0.29) is 49.8 Å². The standard InChI is InChI=1S/C15H22O5.C14H20O5/c1-4-7-12(16)9-8-11-10-15(11,13(17)19-5-2)14(18)20-6-3;1-4-11(15)8-7-10-9-14(10,12(16)18-5-2)13(17)19-6-3/h8-9,11H,4-7,10H2,1-3H3;7-8,10H,4-6,9H2,1-3H3. The van der Waals surface area contributed by atoms with Crippen molar-refractivity contribution in [2.45, 2.75) is 73.6 Å². The Morgan fingerprint density at radius 2 is 0.923 bits per heavy atom. The third-order valence-corrected chi connectivity index (χ3v) is 6.46. The molecule has 2 saturated carbocycles. The van der Waals surface area contributed by atoms with Crippen molar-refractivity contribution in [2.24, 2.45) is 22.7 Å². The predicted octanol–water partition coefficient (Wildman–Crippen LogP) is 3.70. The molecule has 0 bridgehead atoms. The van der Waals surface area contributed by atoms with Crippen LogP contribution in [-0.4, -0.2) is 61.9 Å². The Morgan fingerprint density at radius 1 is 0.590 bits per heavy atom. The molecule has 2 aliphatic carbocycles. The number of hydrogen-bond acceptors (Lipinski definition) is 10. The molecule has 218 valence electrons. The summed E-state index contributed by atoms with van der Waals surface area (Å²) in [6.07, 6.45) is 8.45. The van der Waals surface area contributed by atoms with Gasteiger partial charge in [-0.15, -0.1) is 0 Å². The maximum absolute atomic E-state index is 12.0. The van der Waals surface area contributed by atoms with Crippen molar-refractivity contribution < 1.29 is 47.7 Å². The number of rotatable bonds is 15. The lowest BCUT2D eigenvalue weighted by atomic mass is 10.0. The maximum atomic E-state index is 12.0. The molecule has 0 aromatic rings. The highest BCUT2D eigenvalue weighted by Crippen LogP contribution is 2.56. The van der Waals surface area contributed by atoms with E-state index in [9.17, 15) is 28.8 Å². The molecule has 0 aromatic heterocycles. The van der Waals surface area contributed by atoms with Crippen LogP contribution in [0.25, 0.3) is 0 Å². The normalized spacial score (nSPS) is 19.8. The van der Waals surface area contributed by atoms with Gasteiger partial charge in [-0.05, 0) is 59.1 Å². The summed E-state index contributed by atoms with van der Waals surface area (Å²) >= 11 is 0. The van der Waals surface area contributed by atoms with Crippen LogP contribution in [0.5, 0.6) is 0 Å². The highest BCUT2D eigenvalue weighted by atomic mass is 16.6. The zero-order valence-corrected chi connectivity index (χ0v) is 23.9. The quantitative estimate of drug-likeness (QED) is 0.128. The third-order valence-electron chi connectivity index (χ3n) is 6.46. The molecule has 10 heteroatoms. The molecule has 2 unspecified atom stereocenters. The van der Waals surface area contributed by atoms with E-state index in [4.69, 9.17) is 18.9 Å². The fourth-order valence-electron chi connectivity index (χ4n) is 4.08. The number of carbonyl (C=O) groups is 6. The zero-order chi connectivity index (χ0) is 29.6. The molecule has 0 radical (unpaired) electrons. The molecule has 0 N–H and O–H groups in total. The van der Waals surface area contributed by atoms with E-state index in [1.807, 2.05) is 6.92 Å². The fraction of sp³-hybridized carbons (Fsp3) is 0.655. The Morgan fingerprint density at radius 3 is 1.21 bits per heavy atom. The Balaban J connectivity index is 0.000000391. The van der Waals surface area contributed by atoms with E-state index in [2.05, 4.69) is 0 Å². The summed E-state index contributed by atoms with van der Waals surface area (Å²) in [5.41, 5.74) is -2.48. The lowest BCUT2D eigenvalue weighted by molar-refractivity contribution is -0.166. The fourth-order valence-corrected chi connectivity index (χ4v) is 4.08. The molecule has 0 spiro atoms. The SMILES string of the molecule is CCCC(=O)C=CC1CC1(C(=O)OCC)C(=O)OCC.CCOC(=O)C1(C(=O)OCC)CC1C=CC(=O)CC. The van der Waals surface area contributed by atoms with Crippen LogP contribution in [0, 0.1) is 22.7 Å². The van der Waals surface area contributed by atoms with Crippen LogP contribution in [0.3, 0.4) is 0 Å². The number of hydrogen-bond donors (Lipinski definition) is 0. The molecule has 0 saturated heterocycles. The largest absolute Gasteiger partial charge is 0.465 e. The van der Waals surface area contributed by atoms with Gasteiger partial charge in [-0.1, -0.05) is 26.0 Å². The van der Waals surface area contributed by atoms with Crippen LogP contribution in [0.4, 0.5) is 0 Å². The van der Waals surface area contributed by atoms with Crippen molar-refractivity contribution in [3.63, 3.8) is 0 Å². The van der Waals surface area contributed by atoms with Gasteiger partial charge in [0, 0.05) is 24.7 Å². The number of allylic oxidation sites excluding steroid dienone is 4. The smallest absolute Gasteiger partial charge is 0.324 e. The lowest BCUT2D eigenvalue weighted by Crippen LogP contribution is -2.31. The first-order valence-electron chi connectivity index (χ1n) is 13.7. The van der Waals surface area contributed by atoms with Crippen molar-refractivity contribution in [3.8, 4) is 0 Å². The van der Waals surface area contributed by atoms with Crippen molar-refractivity contribution in [3.05, 3.63) is 24.3 Å². The number of ketones is 2. The van der Waals surface area contributed by atoms with Gasteiger partial charge in [-0.2, -0.15) is 0 Å². The first-order valence-corrected chi connectivity index (χ1v) is 13.7. The Labute approximate surface area is 230 Å². The van der Waals surface area contributed by atoms with Gasteiger partial charge in [0.15, 0.2) is 22.4 Å². The summed E-state index contributed by atoms with van der Waals surface area (Å²) in [5, 5.41) is 0. The number of esters is 4. The lowest BCUT2D eigenvalue weighted by Gasteiger charge is -2.13. The van der Waals surface area contributed by atoms with E-state index in [0.717, 1.165) is 6.42 Å². The van der Waals surface area contributed by atoms with Crippen LogP contribution in [0.2, 0.25) is 0 Å². The van der Waals surface area contributed by atoms with Gasteiger partial charge >= 0.3 is 23.9 Å². The van der Waals surface area contributed by atoms with Gasteiger partial charge in [0.05, 0.1) is 26.4 Å². The van der Waals surface area contributed by atoms with Crippen molar-refractivity contribution in [1.82, 2.24) is 0 Å². The monoisotopic (exact) mass is 550 g/mol. The van der Waals surface area contributed by atoms with Crippen LogP contribution in [-0.2, 0) is 47.7 Å². The average Bonchev–Trinajstić information content (AvgIpc) is 3.81. The minimum absolute atomic E-state index is 0.000942. The third kappa shape index (κ3) is 8.60. The number of carbonyl (C=O) groups excluding carboxylic acids is 6. The van der Waals surface area contributed by atoms with E-state index in [0.29, 0.717) is 25.7 Å². The summed E-state index contributed by atoms with van der Waals surface area (Å²) in [4.78, 5) is 70.5. The average molecular weight is 551 g/mol. The minimum Gasteiger partial charge on any atom is -0.465 e. The second-order valence-corrected chi connectivity index (χ2v) is 9.20. The van der Waals surface area contributed by atoms with Gasteiger partial charge in [-0.3, -0.25) is 28.8 Å². The molecule has 2 aliphatic rings. The zero-order valence-electron chi connectivity index (χ0n) is 23.9. The molecular formula is C29H42O10. The van der Waals surface area contributed by atoms with Crippen LogP contribution >= 0.6 is 0 Å². The molecule has 0 heterocycles. The molecule has 39 heavy (non-hydrogen) atoms. The van der Waals surface area contributed by atoms with Crippen LogP contribution in [0.15, 0.2) is 24.3 Å². The summed E-state index contributed by atoms with van der Waals surface area (Å²) in [6.45, 7) is 11.3. The van der Waals surface area contributed by atoms with E-state index in [1.165, 1.54) is 12.2 Å². The first-order chi connectivity index (χ1) is 18.5. The topological polar surface area (TPSA) is 139 Å². The van der Waals surface area contributed by atoms with Crippen molar-refractivity contribution in [1.29, 1.82) is 0 Å². The molecule has 10 nitrogen and oxygen atoms in total. The molecular weight excluding hydrogens is 508 g/mol. The molecule has 2 fully saturated rings. The van der Waals surface area contributed by atoms with Crippen molar-refractivity contribution in [2.75, 3.05) is 26.4 Å². The Hall–Kier alpha value is -3.30. The van der Waals surface area contributed by atoms with Gasteiger partial charge in [0.25, 0.3) is 0 Å². The van der Waals surface area contributed by atoms with Crippen LogP contribution < -0.4 is 0 Å². The van der Waals surface area contributed by atoms with Gasteiger partial charge in [-0.25, -0.2) is 0 Å². The second kappa shape index (κ2) is 16.0. The van der Waals surface area contributed by atoms with Crippen molar-refractivity contribution >= 4 is 35.4 Å². The molecule has 2 atom stereocenters. The highest BCUT2D eigenvalue weighted by Gasteiger charge is 2.68. The number of ether oxygens (including phenoxy) is 4. The minimum atomic E-state index is -1.24. The summed E-state index contributed by atoms with van der Waals surface area (Å²) < 4.78 is 19.8. The maximum Gasteiger partial charge on any atom is 0.324 e. The Bertz CT molecular complexity index is 925. The summed E-state index contributed by atoms with van der Waals surface area (Å²) in [7, 11) is 0. The van der Waals surface area contributed by atoms with E-state index < -0.39 is 34.7 Å². The highest BCUT2D eigenvalue weighted by molar-refractivity contribution is 6.05. The second-order valence-electron chi connectivity index (χ2n) is 9.20. The van der Waals surface area contributed by atoms with E-state index >= 15 is 0 Å². The molecule has 0 amide bonds. The molecule has 0 aliphatic heterocycles. The van der Waals surface area contributed by atoms with Gasteiger partial charge < -0.3 is 18.9 Å². The summed E-state index contributed by atoms with van der Waals surface area (Å²) in [6, 6.07) is 0. The van der Waals surface area contributed by atoms with E-state index in [1.54, 1.807) is 46.8 Å². The predicted molar refractivity (Wildman–Crippen MR) is 141 cm³/mol. The molecule has 0 aromatic carbocycles. The molecule has 2 rings (SSSR count). The van der Waals surface area contributed by atoms with Gasteiger partial charge in [0.1, 0.15) is 0 Å². The summed E-state index contributed by atoms with van der Waals surface area (Å²) in [5.74, 6) is -2.89.